The van der Waals surface area contributed by atoms with Crippen LogP contribution in [0.1, 0.15) is 20.3 Å². The molecule has 0 amide bonds. The van der Waals surface area contributed by atoms with Crippen LogP contribution in [0.5, 0.6) is 0 Å². The summed E-state index contributed by atoms with van der Waals surface area (Å²) >= 11 is 1.06. The Hall–Kier alpha value is -2.08. The maximum absolute atomic E-state index is 11.9. The molecule has 0 spiro atoms. The highest BCUT2D eigenvalue weighted by molar-refractivity contribution is 7.07. The maximum atomic E-state index is 11.9. The van der Waals surface area contributed by atoms with E-state index in [2.05, 4.69) is 0 Å². The smallest absolute Gasteiger partial charge is 0.326 e. The fraction of sp³-hybridized carbons (Fsp3) is 0.333. The highest BCUT2D eigenvalue weighted by atomic mass is 32.1. The molecule has 6 heteroatoms. The van der Waals surface area contributed by atoms with Crippen LogP contribution in [0, 0.1) is 0 Å². The predicted octanol–water partition coefficient (Wildman–Crippen LogP) is 2.50. The molecule has 1 atom stereocenters. The van der Waals surface area contributed by atoms with E-state index in [0.29, 0.717) is 11.4 Å². The number of aromatic nitrogens is 1. The maximum Gasteiger partial charge on any atom is 0.326 e. The number of benzene rings is 1. The molecule has 2 aromatic rings. The van der Waals surface area contributed by atoms with Crippen LogP contribution < -0.4 is 10.6 Å². The number of anilines is 1. The molecule has 1 aromatic heterocycles. The Morgan fingerprint density at radius 2 is 2.24 bits per heavy atom. The molecule has 5 nitrogen and oxygen atoms in total. The van der Waals surface area contributed by atoms with Crippen molar-refractivity contribution in [1.82, 2.24) is 4.57 Å². The van der Waals surface area contributed by atoms with Gasteiger partial charge in [0.15, 0.2) is 0 Å². The lowest BCUT2D eigenvalue weighted by Crippen LogP contribution is -2.24. The Bertz CT molecular complexity index is 690. The van der Waals surface area contributed by atoms with Crippen molar-refractivity contribution in [2.24, 2.45) is 0 Å². The highest BCUT2D eigenvalue weighted by Gasteiger charge is 2.15. The molecule has 1 unspecified atom stereocenters. The fourth-order valence-electron chi connectivity index (χ4n) is 1.88. The Balaban J connectivity index is 2.27. The van der Waals surface area contributed by atoms with Crippen molar-refractivity contribution in [3.8, 4) is 11.3 Å². The normalized spacial score (nSPS) is 12.1. The summed E-state index contributed by atoms with van der Waals surface area (Å²) in [6.07, 6.45) is 0.592. The Morgan fingerprint density at radius 3 is 2.90 bits per heavy atom. The lowest BCUT2D eigenvalue weighted by atomic mass is 10.1. The van der Waals surface area contributed by atoms with Crippen molar-refractivity contribution in [2.45, 2.75) is 32.9 Å². The van der Waals surface area contributed by atoms with E-state index in [-0.39, 0.29) is 17.5 Å². The van der Waals surface area contributed by atoms with E-state index in [0.717, 1.165) is 23.3 Å². The predicted molar refractivity (Wildman–Crippen MR) is 84.3 cm³/mol. The summed E-state index contributed by atoms with van der Waals surface area (Å²) in [5.41, 5.74) is 7.86. The summed E-state index contributed by atoms with van der Waals surface area (Å²) in [6, 6.07) is 7.22. The van der Waals surface area contributed by atoms with Crippen molar-refractivity contribution in [3.05, 3.63) is 39.3 Å². The van der Waals surface area contributed by atoms with Crippen molar-refractivity contribution in [2.75, 3.05) is 5.73 Å². The lowest BCUT2D eigenvalue weighted by Gasteiger charge is -2.12. The summed E-state index contributed by atoms with van der Waals surface area (Å²) in [5, 5.41) is 1.73. The average molecular weight is 306 g/mol. The van der Waals surface area contributed by atoms with Gasteiger partial charge in [-0.3, -0.25) is 14.2 Å². The van der Waals surface area contributed by atoms with Crippen LogP contribution in [-0.4, -0.2) is 16.6 Å². The van der Waals surface area contributed by atoms with E-state index in [1.807, 2.05) is 26.0 Å². The molecule has 0 saturated carbocycles. The van der Waals surface area contributed by atoms with Gasteiger partial charge in [0.25, 0.3) is 0 Å². The van der Waals surface area contributed by atoms with Crippen molar-refractivity contribution in [3.63, 3.8) is 0 Å². The molecule has 1 heterocycles. The molecule has 2 N–H and O–H groups in total. The lowest BCUT2D eigenvalue weighted by molar-refractivity contribution is -0.149. The third-order valence-corrected chi connectivity index (χ3v) is 3.92. The van der Waals surface area contributed by atoms with E-state index in [9.17, 15) is 9.59 Å². The first-order valence-electron chi connectivity index (χ1n) is 6.75. The number of nitrogens with two attached hydrogens (primary N) is 1. The molecule has 0 aliphatic rings. The first kappa shape index (κ1) is 15.3. The van der Waals surface area contributed by atoms with Crippen molar-refractivity contribution < 1.29 is 9.53 Å². The van der Waals surface area contributed by atoms with Crippen LogP contribution >= 0.6 is 11.3 Å². The molecule has 21 heavy (non-hydrogen) atoms. The van der Waals surface area contributed by atoms with Crippen LogP contribution in [0.25, 0.3) is 11.3 Å². The zero-order valence-corrected chi connectivity index (χ0v) is 12.9. The van der Waals surface area contributed by atoms with Crippen LogP contribution in [0.15, 0.2) is 34.4 Å². The van der Waals surface area contributed by atoms with Gasteiger partial charge in [-0.05, 0) is 25.5 Å². The number of hydrogen-bond acceptors (Lipinski definition) is 5. The first-order chi connectivity index (χ1) is 10.0. The van der Waals surface area contributed by atoms with Gasteiger partial charge in [-0.15, -0.1) is 0 Å². The second-order valence-corrected chi connectivity index (χ2v) is 5.63. The number of thiazole rings is 1. The third kappa shape index (κ3) is 3.72. The first-order valence-corrected chi connectivity index (χ1v) is 7.63. The highest BCUT2D eigenvalue weighted by Crippen LogP contribution is 2.22. The molecule has 0 aliphatic heterocycles. The Kier molecular flexibility index (Phi) is 4.80. The van der Waals surface area contributed by atoms with Gasteiger partial charge in [0, 0.05) is 16.6 Å². The number of esters is 1. The van der Waals surface area contributed by atoms with E-state index in [1.165, 1.54) is 4.57 Å². The summed E-state index contributed by atoms with van der Waals surface area (Å²) in [5.74, 6) is -0.407. The zero-order valence-electron chi connectivity index (χ0n) is 12.0. The molecule has 2 rings (SSSR count). The summed E-state index contributed by atoms with van der Waals surface area (Å²) in [7, 11) is 0. The quantitative estimate of drug-likeness (QED) is 0.680. The molecular formula is C15H18N2O3S. The molecule has 112 valence electrons. The summed E-state index contributed by atoms with van der Waals surface area (Å²) in [6.45, 7) is 3.68. The minimum atomic E-state index is -0.407. The Labute approximate surface area is 127 Å². The van der Waals surface area contributed by atoms with E-state index < -0.39 is 5.97 Å². The van der Waals surface area contributed by atoms with Crippen molar-refractivity contribution in [1.29, 1.82) is 0 Å². The SMILES string of the molecule is CCC(C)OC(=O)Cn1c(-c2cccc(N)c2)csc1=O. The number of ether oxygens (including phenoxy) is 1. The minimum Gasteiger partial charge on any atom is -0.461 e. The van der Waals surface area contributed by atoms with Crippen LogP contribution in [0.2, 0.25) is 0 Å². The number of hydrogen-bond donors (Lipinski definition) is 1. The molecule has 0 aliphatic carbocycles. The van der Waals surface area contributed by atoms with Crippen molar-refractivity contribution >= 4 is 23.0 Å². The van der Waals surface area contributed by atoms with Gasteiger partial charge in [-0.2, -0.15) is 0 Å². The molecule has 0 radical (unpaired) electrons. The number of rotatable bonds is 5. The molecule has 0 fully saturated rings. The standard InChI is InChI=1S/C15H18N2O3S/c1-3-10(2)20-14(18)8-17-13(9-21-15(17)19)11-5-4-6-12(16)7-11/h4-7,9-10H,3,8,16H2,1-2H3. The molecular weight excluding hydrogens is 288 g/mol. The number of nitrogens with zero attached hydrogens (tertiary/aromatic N) is 1. The van der Waals surface area contributed by atoms with Crippen LogP contribution in [-0.2, 0) is 16.1 Å². The van der Waals surface area contributed by atoms with Gasteiger partial charge < -0.3 is 10.5 Å². The third-order valence-electron chi connectivity index (χ3n) is 3.16. The fourth-order valence-corrected chi connectivity index (χ4v) is 2.64. The van der Waals surface area contributed by atoms with Gasteiger partial charge in [0.05, 0.1) is 11.8 Å². The average Bonchev–Trinajstić information content (AvgIpc) is 2.80. The largest absolute Gasteiger partial charge is 0.461 e. The van der Waals surface area contributed by atoms with Crippen LogP contribution in [0.4, 0.5) is 5.69 Å². The van der Waals surface area contributed by atoms with Gasteiger partial charge in [0.1, 0.15) is 6.54 Å². The summed E-state index contributed by atoms with van der Waals surface area (Å²) < 4.78 is 6.64. The van der Waals surface area contributed by atoms with Gasteiger partial charge in [0.2, 0.25) is 0 Å². The van der Waals surface area contributed by atoms with Gasteiger partial charge in [-0.1, -0.05) is 30.4 Å². The van der Waals surface area contributed by atoms with E-state index in [1.54, 1.807) is 17.5 Å². The minimum absolute atomic E-state index is 0.0865. The topological polar surface area (TPSA) is 74.3 Å². The van der Waals surface area contributed by atoms with E-state index in [4.69, 9.17) is 10.5 Å². The number of carbonyl (C=O) groups excluding carboxylic acids is 1. The summed E-state index contributed by atoms with van der Waals surface area (Å²) in [4.78, 5) is 23.6. The van der Waals surface area contributed by atoms with Gasteiger partial charge >= 0.3 is 10.8 Å². The second-order valence-electron chi connectivity index (χ2n) is 4.81. The molecule has 1 aromatic carbocycles. The van der Waals surface area contributed by atoms with Crippen LogP contribution in [0.3, 0.4) is 0 Å². The van der Waals surface area contributed by atoms with Gasteiger partial charge in [-0.25, -0.2) is 0 Å². The molecule has 0 saturated heterocycles. The molecule has 0 bridgehead atoms. The van der Waals surface area contributed by atoms with E-state index >= 15 is 0 Å². The zero-order chi connectivity index (χ0) is 15.4. The monoisotopic (exact) mass is 306 g/mol. The Morgan fingerprint density at radius 1 is 1.48 bits per heavy atom. The number of carbonyl (C=O) groups is 1. The number of nitrogen functional groups attached to an aromatic ring is 1. The second kappa shape index (κ2) is 6.58.